The molecule has 1 fully saturated rings. The van der Waals surface area contributed by atoms with Crippen LogP contribution in [-0.2, 0) is 11.3 Å². The Balaban J connectivity index is 0.00000338. The molecule has 0 unspecified atom stereocenters. The van der Waals surface area contributed by atoms with E-state index in [2.05, 4.69) is 27.4 Å². The zero-order valence-corrected chi connectivity index (χ0v) is 18.3. The number of halogens is 1. The molecule has 0 saturated heterocycles. The first-order valence-electron chi connectivity index (χ1n) is 9.02. The van der Waals surface area contributed by atoms with E-state index < -0.39 is 0 Å². The standard InChI is InChI=1S/C19H30N4O2.HI/c1-4-21-19(23(3)11-12-25-14-16-5-6-16)22-13-15-7-9-17(10-8-15)18(24)20-2;/h7-10,16H,4-6,11-14H2,1-3H3,(H,20,24)(H,21,22);1H. The van der Waals surface area contributed by atoms with Crippen LogP contribution >= 0.6 is 24.0 Å². The average Bonchev–Trinajstić information content (AvgIpc) is 3.46. The second-order valence-corrected chi connectivity index (χ2v) is 6.39. The van der Waals surface area contributed by atoms with Gasteiger partial charge in [0.05, 0.1) is 13.2 Å². The lowest BCUT2D eigenvalue weighted by molar-refractivity contribution is 0.0963. The molecule has 7 heteroatoms. The molecule has 146 valence electrons. The lowest BCUT2D eigenvalue weighted by Gasteiger charge is -2.22. The summed E-state index contributed by atoms with van der Waals surface area (Å²) in [6.45, 7) is 5.88. The number of carbonyl (C=O) groups is 1. The van der Waals surface area contributed by atoms with Gasteiger partial charge in [-0.15, -0.1) is 24.0 Å². The molecule has 0 radical (unpaired) electrons. The highest BCUT2D eigenvalue weighted by Gasteiger charge is 2.21. The molecule has 1 aliphatic carbocycles. The largest absolute Gasteiger partial charge is 0.379 e. The van der Waals surface area contributed by atoms with Crippen LogP contribution in [0, 0.1) is 5.92 Å². The third-order valence-electron chi connectivity index (χ3n) is 4.17. The van der Waals surface area contributed by atoms with Crippen LogP contribution in [0.4, 0.5) is 0 Å². The molecule has 1 amide bonds. The van der Waals surface area contributed by atoms with Crippen molar-refractivity contribution in [3.8, 4) is 0 Å². The van der Waals surface area contributed by atoms with Gasteiger partial charge in [0.15, 0.2) is 5.96 Å². The Hall–Kier alpha value is -1.35. The Morgan fingerprint density at radius 3 is 2.58 bits per heavy atom. The number of ether oxygens (including phenoxy) is 1. The van der Waals surface area contributed by atoms with Crippen LogP contribution in [0.2, 0.25) is 0 Å². The van der Waals surface area contributed by atoms with E-state index in [9.17, 15) is 4.79 Å². The number of likely N-dealkylation sites (N-methyl/N-ethyl adjacent to an activating group) is 1. The number of aliphatic imine (C=N–C) groups is 1. The predicted octanol–water partition coefficient (Wildman–Crippen LogP) is 2.49. The maximum atomic E-state index is 11.6. The number of benzene rings is 1. The van der Waals surface area contributed by atoms with E-state index in [0.717, 1.165) is 43.7 Å². The molecule has 1 aliphatic rings. The van der Waals surface area contributed by atoms with Gasteiger partial charge in [-0.05, 0) is 43.4 Å². The van der Waals surface area contributed by atoms with Crippen LogP contribution in [-0.4, -0.2) is 57.2 Å². The topological polar surface area (TPSA) is 66.0 Å². The lowest BCUT2D eigenvalue weighted by atomic mass is 10.1. The van der Waals surface area contributed by atoms with Gasteiger partial charge in [-0.25, -0.2) is 4.99 Å². The van der Waals surface area contributed by atoms with Crippen molar-refractivity contribution in [3.63, 3.8) is 0 Å². The number of carbonyl (C=O) groups excluding carboxylic acids is 1. The number of hydrogen-bond donors (Lipinski definition) is 2. The lowest BCUT2D eigenvalue weighted by Crippen LogP contribution is -2.40. The molecule has 0 aromatic heterocycles. The molecular weight excluding hydrogens is 443 g/mol. The van der Waals surface area contributed by atoms with Crippen molar-refractivity contribution >= 4 is 35.8 Å². The Bertz CT molecular complexity index is 573. The zero-order chi connectivity index (χ0) is 18.1. The van der Waals surface area contributed by atoms with Gasteiger partial charge in [0.1, 0.15) is 0 Å². The Morgan fingerprint density at radius 1 is 1.31 bits per heavy atom. The van der Waals surface area contributed by atoms with E-state index in [1.807, 2.05) is 31.3 Å². The van der Waals surface area contributed by atoms with Gasteiger partial charge >= 0.3 is 0 Å². The van der Waals surface area contributed by atoms with E-state index in [4.69, 9.17) is 4.74 Å². The summed E-state index contributed by atoms with van der Waals surface area (Å²) in [6, 6.07) is 7.53. The summed E-state index contributed by atoms with van der Waals surface area (Å²) in [5.74, 6) is 1.59. The molecule has 0 atom stereocenters. The smallest absolute Gasteiger partial charge is 0.251 e. The SMILES string of the molecule is CCNC(=NCc1ccc(C(=O)NC)cc1)N(C)CCOCC1CC1.I. The molecule has 0 aliphatic heterocycles. The normalized spacial score (nSPS) is 13.7. The van der Waals surface area contributed by atoms with Crippen LogP contribution in [0.15, 0.2) is 29.3 Å². The second kappa shape index (κ2) is 12.1. The maximum Gasteiger partial charge on any atom is 0.251 e. The number of rotatable bonds is 9. The number of guanidine groups is 1. The van der Waals surface area contributed by atoms with Crippen molar-refractivity contribution in [1.29, 1.82) is 0 Å². The monoisotopic (exact) mass is 474 g/mol. The van der Waals surface area contributed by atoms with Crippen molar-refractivity contribution in [1.82, 2.24) is 15.5 Å². The van der Waals surface area contributed by atoms with Gasteiger partial charge in [-0.3, -0.25) is 4.79 Å². The molecule has 1 saturated carbocycles. The van der Waals surface area contributed by atoms with Gasteiger partial charge in [-0.2, -0.15) is 0 Å². The fourth-order valence-electron chi connectivity index (χ4n) is 2.38. The summed E-state index contributed by atoms with van der Waals surface area (Å²) >= 11 is 0. The number of nitrogens with zero attached hydrogens (tertiary/aromatic N) is 2. The number of amides is 1. The highest BCUT2D eigenvalue weighted by atomic mass is 127. The van der Waals surface area contributed by atoms with E-state index in [1.165, 1.54) is 12.8 Å². The summed E-state index contributed by atoms with van der Waals surface area (Å²) in [5, 5.41) is 5.93. The second-order valence-electron chi connectivity index (χ2n) is 6.39. The molecule has 1 aromatic rings. The minimum absolute atomic E-state index is 0. The van der Waals surface area contributed by atoms with Crippen molar-refractivity contribution in [2.75, 3.05) is 40.4 Å². The van der Waals surface area contributed by atoms with Gasteiger partial charge in [0, 0.05) is 39.4 Å². The van der Waals surface area contributed by atoms with Crippen LogP contribution < -0.4 is 10.6 Å². The third kappa shape index (κ3) is 7.90. The Morgan fingerprint density at radius 2 is 2.00 bits per heavy atom. The Labute approximate surface area is 173 Å². The molecule has 26 heavy (non-hydrogen) atoms. The van der Waals surface area contributed by atoms with E-state index in [1.54, 1.807) is 7.05 Å². The summed E-state index contributed by atoms with van der Waals surface area (Å²) in [5.41, 5.74) is 1.73. The minimum atomic E-state index is -0.0747. The fraction of sp³-hybridized carbons (Fsp3) is 0.579. The van der Waals surface area contributed by atoms with Crippen LogP contribution in [0.3, 0.4) is 0 Å². The van der Waals surface area contributed by atoms with E-state index >= 15 is 0 Å². The summed E-state index contributed by atoms with van der Waals surface area (Å²) in [6.07, 6.45) is 2.64. The molecule has 2 rings (SSSR count). The van der Waals surface area contributed by atoms with Gasteiger partial charge in [0.25, 0.3) is 5.91 Å². The first kappa shape index (κ1) is 22.7. The molecular formula is C19H31IN4O2. The van der Waals surface area contributed by atoms with Crippen molar-refractivity contribution < 1.29 is 9.53 Å². The first-order valence-corrected chi connectivity index (χ1v) is 9.02. The molecule has 0 spiro atoms. The summed E-state index contributed by atoms with van der Waals surface area (Å²) in [7, 11) is 3.66. The van der Waals surface area contributed by atoms with Gasteiger partial charge in [-0.1, -0.05) is 12.1 Å². The number of hydrogen-bond acceptors (Lipinski definition) is 3. The third-order valence-corrected chi connectivity index (χ3v) is 4.17. The first-order chi connectivity index (χ1) is 12.1. The summed E-state index contributed by atoms with van der Waals surface area (Å²) in [4.78, 5) is 18.3. The molecule has 0 heterocycles. The van der Waals surface area contributed by atoms with Crippen molar-refractivity contribution in [2.24, 2.45) is 10.9 Å². The maximum absolute atomic E-state index is 11.6. The van der Waals surface area contributed by atoms with Crippen LogP contribution in [0.5, 0.6) is 0 Å². The molecule has 2 N–H and O–H groups in total. The number of nitrogens with one attached hydrogen (secondary N) is 2. The Kier molecular flexibility index (Phi) is 10.6. The fourth-order valence-corrected chi connectivity index (χ4v) is 2.38. The van der Waals surface area contributed by atoms with Gasteiger partial charge in [0.2, 0.25) is 0 Å². The molecule has 0 bridgehead atoms. The van der Waals surface area contributed by atoms with Crippen LogP contribution in [0.25, 0.3) is 0 Å². The highest BCUT2D eigenvalue weighted by molar-refractivity contribution is 14.0. The zero-order valence-electron chi connectivity index (χ0n) is 16.0. The van der Waals surface area contributed by atoms with Crippen molar-refractivity contribution in [3.05, 3.63) is 35.4 Å². The molecule has 1 aromatic carbocycles. The predicted molar refractivity (Wildman–Crippen MR) is 116 cm³/mol. The minimum Gasteiger partial charge on any atom is -0.379 e. The quantitative estimate of drug-likeness (QED) is 0.250. The van der Waals surface area contributed by atoms with Crippen LogP contribution in [0.1, 0.15) is 35.7 Å². The van der Waals surface area contributed by atoms with Crippen molar-refractivity contribution in [2.45, 2.75) is 26.3 Å². The van der Waals surface area contributed by atoms with Gasteiger partial charge < -0.3 is 20.3 Å². The molecule has 6 nitrogen and oxygen atoms in total. The average molecular weight is 474 g/mol. The highest BCUT2D eigenvalue weighted by Crippen LogP contribution is 2.28. The van der Waals surface area contributed by atoms with E-state index in [-0.39, 0.29) is 29.9 Å². The summed E-state index contributed by atoms with van der Waals surface area (Å²) < 4.78 is 5.70. The van der Waals surface area contributed by atoms with E-state index in [0.29, 0.717) is 12.1 Å².